The van der Waals surface area contributed by atoms with Gasteiger partial charge in [-0.05, 0) is 18.5 Å². The van der Waals surface area contributed by atoms with Crippen LogP contribution in [-0.2, 0) is 6.42 Å². The first-order valence-corrected chi connectivity index (χ1v) is 7.65. The Balaban J connectivity index is 1.51. The van der Waals surface area contributed by atoms with Gasteiger partial charge in [0.15, 0.2) is 0 Å². The first-order valence-electron chi connectivity index (χ1n) is 6.50. The quantitative estimate of drug-likeness (QED) is 0.776. The van der Waals surface area contributed by atoms with Crippen molar-refractivity contribution in [2.24, 2.45) is 0 Å². The molecule has 0 spiro atoms. The standard InChI is InChI=1S/C14H22N2S/c1-2-4-14(5-3-1)6-7-15-8-9-16-10-12-17-13-11-16/h1-5,15H,6-13H2. The molecular weight excluding hydrogens is 228 g/mol. The zero-order valence-corrected chi connectivity index (χ0v) is 11.2. The van der Waals surface area contributed by atoms with Crippen molar-refractivity contribution in [1.82, 2.24) is 10.2 Å². The zero-order valence-electron chi connectivity index (χ0n) is 10.4. The normalized spacial score (nSPS) is 17.2. The SMILES string of the molecule is c1ccc(CCNCCN2CCSCC2)cc1. The van der Waals surface area contributed by atoms with E-state index in [0.717, 1.165) is 19.5 Å². The Morgan fingerprint density at radius 1 is 1.06 bits per heavy atom. The predicted octanol–water partition coefficient (Wildman–Crippen LogP) is 1.87. The molecule has 0 bridgehead atoms. The topological polar surface area (TPSA) is 15.3 Å². The number of thioether (sulfide) groups is 1. The van der Waals surface area contributed by atoms with Crippen LogP contribution < -0.4 is 5.32 Å². The van der Waals surface area contributed by atoms with Crippen molar-refractivity contribution >= 4 is 11.8 Å². The van der Waals surface area contributed by atoms with E-state index in [1.165, 1.54) is 36.7 Å². The van der Waals surface area contributed by atoms with E-state index in [1.807, 2.05) is 0 Å². The van der Waals surface area contributed by atoms with Crippen molar-refractivity contribution in [2.45, 2.75) is 6.42 Å². The highest BCUT2D eigenvalue weighted by Crippen LogP contribution is 2.07. The van der Waals surface area contributed by atoms with E-state index in [-0.39, 0.29) is 0 Å². The molecule has 0 atom stereocenters. The Kier molecular flexibility index (Phi) is 5.89. The first-order chi connectivity index (χ1) is 8.45. The van der Waals surface area contributed by atoms with Gasteiger partial charge in [-0.25, -0.2) is 0 Å². The van der Waals surface area contributed by atoms with Crippen LogP contribution >= 0.6 is 11.8 Å². The average molecular weight is 250 g/mol. The molecule has 0 unspecified atom stereocenters. The molecular formula is C14H22N2S. The van der Waals surface area contributed by atoms with Gasteiger partial charge in [-0.1, -0.05) is 30.3 Å². The summed E-state index contributed by atoms with van der Waals surface area (Å²) in [5.41, 5.74) is 1.43. The number of nitrogens with one attached hydrogen (secondary N) is 1. The number of rotatable bonds is 6. The van der Waals surface area contributed by atoms with Gasteiger partial charge in [0.05, 0.1) is 0 Å². The third-order valence-electron chi connectivity index (χ3n) is 3.14. The van der Waals surface area contributed by atoms with Crippen LogP contribution in [0.15, 0.2) is 30.3 Å². The largest absolute Gasteiger partial charge is 0.315 e. The van der Waals surface area contributed by atoms with E-state index in [0.29, 0.717) is 0 Å². The summed E-state index contributed by atoms with van der Waals surface area (Å²) in [4.78, 5) is 2.56. The van der Waals surface area contributed by atoms with Gasteiger partial charge in [-0.2, -0.15) is 11.8 Å². The molecule has 1 aromatic rings. The van der Waals surface area contributed by atoms with Gasteiger partial charge in [0.25, 0.3) is 0 Å². The van der Waals surface area contributed by atoms with E-state index in [9.17, 15) is 0 Å². The molecule has 1 aliphatic heterocycles. The second kappa shape index (κ2) is 7.75. The molecule has 0 aromatic heterocycles. The highest BCUT2D eigenvalue weighted by Gasteiger charge is 2.08. The van der Waals surface area contributed by atoms with Gasteiger partial charge in [0.1, 0.15) is 0 Å². The fourth-order valence-corrected chi connectivity index (χ4v) is 3.04. The third kappa shape index (κ3) is 5.11. The highest BCUT2D eigenvalue weighted by atomic mass is 32.2. The second-order valence-electron chi connectivity index (χ2n) is 4.44. The lowest BCUT2D eigenvalue weighted by molar-refractivity contribution is 0.301. The van der Waals surface area contributed by atoms with Crippen LogP contribution in [0.3, 0.4) is 0 Å². The van der Waals surface area contributed by atoms with Crippen molar-refractivity contribution in [1.29, 1.82) is 0 Å². The number of benzene rings is 1. The van der Waals surface area contributed by atoms with Gasteiger partial charge < -0.3 is 10.2 Å². The Hall–Kier alpha value is -0.510. The summed E-state index contributed by atoms with van der Waals surface area (Å²) >= 11 is 2.08. The smallest absolute Gasteiger partial charge is 0.0107 e. The van der Waals surface area contributed by atoms with Crippen molar-refractivity contribution in [2.75, 3.05) is 44.2 Å². The minimum absolute atomic E-state index is 1.09. The fraction of sp³-hybridized carbons (Fsp3) is 0.571. The zero-order chi connectivity index (χ0) is 11.8. The Labute approximate surface area is 109 Å². The van der Waals surface area contributed by atoms with Crippen molar-refractivity contribution in [3.05, 3.63) is 35.9 Å². The lowest BCUT2D eigenvalue weighted by Crippen LogP contribution is -2.38. The van der Waals surface area contributed by atoms with Crippen LogP contribution in [0, 0.1) is 0 Å². The predicted molar refractivity (Wildman–Crippen MR) is 76.8 cm³/mol. The van der Waals surface area contributed by atoms with Crippen LogP contribution in [0.4, 0.5) is 0 Å². The van der Waals surface area contributed by atoms with Crippen LogP contribution in [0.2, 0.25) is 0 Å². The molecule has 1 aromatic carbocycles. The maximum atomic E-state index is 3.53. The summed E-state index contributed by atoms with van der Waals surface area (Å²) in [6.45, 7) is 5.95. The molecule has 3 heteroatoms. The molecule has 0 saturated carbocycles. The summed E-state index contributed by atoms with van der Waals surface area (Å²) in [6.07, 6.45) is 1.14. The molecule has 94 valence electrons. The van der Waals surface area contributed by atoms with E-state index >= 15 is 0 Å². The van der Waals surface area contributed by atoms with Gasteiger partial charge in [-0.3, -0.25) is 0 Å². The Bertz CT molecular complexity index is 296. The van der Waals surface area contributed by atoms with Crippen LogP contribution in [0.25, 0.3) is 0 Å². The maximum Gasteiger partial charge on any atom is 0.0107 e. The maximum absolute atomic E-state index is 3.53. The monoisotopic (exact) mass is 250 g/mol. The van der Waals surface area contributed by atoms with E-state index < -0.39 is 0 Å². The molecule has 0 amide bonds. The van der Waals surface area contributed by atoms with E-state index in [2.05, 4.69) is 52.3 Å². The third-order valence-corrected chi connectivity index (χ3v) is 4.08. The van der Waals surface area contributed by atoms with E-state index in [4.69, 9.17) is 0 Å². The van der Waals surface area contributed by atoms with Gasteiger partial charge in [-0.15, -0.1) is 0 Å². The first kappa shape index (κ1) is 12.9. The van der Waals surface area contributed by atoms with Crippen LogP contribution in [0.1, 0.15) is 5.56 Å². The van der Waals surface area contributed by atoms with Crippen molar-refractivity contribution < 1.29 is 0 Å². The number of hydrogen-bond acceptors (Lipinski definition) is 3. The molecule has 1 heterocycles. The van der Waals surface area contributed by atoms with Gasteiger partial charge in [0.2, 0.25) is 0 Å². The highest BCUT2D eigenvalue weighted by molar-refractivity contribution is 7.99. The minimum Gasteiger partial charge on any atom is -0.315 e. The molecule has 1 aliphatic rings. The molecule has 1 fully saturated rings. The lowest BCUT2D eigenvalue weighted by atomic mass is 10.1. The summed E-state index contributed by atoms with van der Waals surface area (Å²) in [7, 11) is 0. The summed E-state index contributed by atoms with van der Waals surface area (Å²) in [5, 5.41) is 3.53. The summed E-state index contributed by atoms with van der Waals surface area (Å²) < 4.78 is 0. The van der Waals surface area contributed by atoms with Crippen molar-refractivity contribution in [3.63, 3.8) is 0 Å². The van der Waals surface area contributed by atoms with Crippen molar-refractivity contribution in [3.8, 4) is 0 Å². The van der Waals surface area contributed by atoms with Gasteiger partial charge in [0, 0.05) is 37.7 Å². The summed E-state index contributed by atoms with van der Waals surface area (Å²) in [5.74, 6) is 2.62. The van der Waals surface area contributed by atoms with Crippen LogP contribution in [-0.4, -0.2) is 49.1 Å². The van der Waals surface area contributed by atoms with E-state index in [1.54, 1.807) is 0 Å². The molecule has 2 nitrogen and oxygen atoms in total. The molecule has 2 rings (SSSR count). The Morgan fingerprint density at radius 3 is 2.59 bits per heavy atom. The average Bonchev–Trinajstić information content (AvgIpc) is 2.41. The molecule has 1 saturated heterocycles. The lowest BCUT2D eigenvalue weighted by Gasteiger charge is -2.26. The van der Waals surface area contributed by atoms with Crippen LogP contribution in [0.5, 0.6) is 0 Å². The number of nitrogens with zero attached hydrogens (tertiary/aromatic N) is 1. The molecule has 1 N–H and O–H groups in total. The second-order valence-corrected chi connectivity index (χ2v) is 5.66. The fourth-order valence-electron chi connectivity index (χ4n) is 2.06. The summed E-state index contributed by atoms with van der Waals surface area (Å²) in [6, 6.07) is 10.7. The Morgan fingerprint density at radius 2 is 1.82 bits per heavy atom. The molecule has 17 heavy (non-hydrogen) atoms. The van der Waals surface area contributed by atoms with Gasteiger partial charge >= 0.3 is 0 Å². The molecule has 0 aliphatic carbocycles. The number of hydrogen-bond donors (Lipinski definition) is 1. The molecule has 0 radical (unpaired) electrons. The minimum atomic E-state index is 1.09.